The second kappa shape index (κ2) is 8.01. The third-order valence-electron chi connectivity index (χ3n) is 4.55. The maximum Gasteiger partial charge on any atom is 0.340 e. The molecule has 1 heterocycles. The van der Waals surface area contributed by atoms with Gasteiger partial charge in [0.1, 0.15) is 11.3 Å². The zero-order valence-electron chi connectivity index (χ0n) is 15.6. The standard InChI is InChI=1S/C21H20N2O5/c1-3-26-20(24)14(11-22)17-16-13-8-6-5-7-12(13)9-10-15(16)28-19(23)18(17)21(25)27-4-2/h5-10,14,17H,3-4,23H2,1-2H3. The van der Waals surface area contributed by atoms with Gasteiger partial charge in [0, 0.05) is 5.56 Å². The molecule has 28 heavy (non-hydrogen) atoms. The summed E-state index contributed by atoms with van der Waals surface area (Å²) in [5.74, 6) is -3.52. The van der Waals surface area contributed by atoms with Crippen molar-refractivity contribution in [3.8, 4) is 11.8 Å². The Morgan fingerprint density at radius 1 is 1.18 bits per heavy atom. The Morgan fingerprint density at radius 3 is 2.57 bits per heavy atom. The fraction of sp³-hybridized carbons (Fsp3) is 0.286. The van der Waals surface area contributed by atoms with Crippen LogP contribution in [0.1, 0.15) is 25.3 Å². The van der Waals surface area contributed by atoms with Crippen molar-refractivity contribution in [3.05, 3.63) is 53.4 Å². The first kappa shape index (κ1) is 19.2. The van der Waals surface area contributed by atoms with Crippen molar-refractivity contribution in [1.29, 1.82) is 5.26 Å². The number of esters is 2. The molecule has 2 aromatic carbocycles. The van der Waals surface area contributed by atoms with E-state index in [4.69, 9.17) is 19.9 Å². The first-order valence-corrected chi connectivity index (χ1v) is 8.95. The van der Waals surface area contributed by atoms with Gasteiger partial charge in [0.15, 0.2) is 5.92 Å². The van der Waals surface area contributed by atoms with Crippen LogP contribution >= 0.6 is 0 Å². The molecule has 3 rings (SSSR count). The average Bonchev–Trinajstić information content (AvgIpc) is 2.68. The molecule has 0 spiro atoms. The third-order valence-corrected chi connectivity index (χ3v) is 4.55. The highest BCUT2D eigenvalue weighted by atomic mass is 16.5. The van der Waals surface area contributed by atoms with E-state index in [1.165, 1.54) is 0 Å². The lowest BCUT2D eigenvalue weighted by atomic mass is 9.77. The Kier molecular flexibility index (Phi) is 5.50. The van der Waals surface area contributed by atoms with E-state index in [9.17, 15) is 14.9 Å². The van der Waals surface area contributed by atoms with Gasteiger partial charge in [-0.05, 0) is 30.7 Å². The minimum Gasteiger partial charge on any atom is -0.465 e. The maximum atomic E-state index is 12.7. The Labute approximate surface area is 162 Å². The van der Waals surface area contributed by atoms with Crippen molar-refractivity contribution in [1.82, 2.24) is 0 Å². The predicted octanol–water partition coefficient (Wildman–Crippen LogP) is 2.75. The molecule has 0 fully saturated rings. The van der Waals surface area contributed by atoms with E-state index in [1.807, 2.05) is 36.4 Å². The summed E-state index contributed by atoms with van der Waals surface area (Å²) in [6.45, 7) is 3.53. The second-order valence-corrected chi connectivity index (χ2v) is 6.14. The van der Waals surface area contributed by atoms with Gasteiger partial charge < -0.3 is 19.9 Å². The molecule has 2 aromatic rings. The molecule has 2 N–H and O–H groups in total. The van der Waals surface area contributed by atoms with Gasteiger partial charge in [-0.15, -0.1) is 0 Å². The highest BCUT2D eigenvalue weighted by molar-refractivity contribution is 5.97. The van der Waals surface area contributed by atoms with Crippen LogP contribution in [0.4, 0.5) is 0 Å². The van der Waals surface area contributed by atoms with Crippen LogP contribution in [0.25, 0.3) is 10.8 Å². The first-order valence-electron chi connectivity index (χ1n) is 8.95. The highest BCUT2D eigenvalue weighted by Gasteiger charge is 2.44. The summed E-state index contributed by atoms with van der Waals surface area (Å²) in [4.78, 5) is 25.2. The van der Waals surface area contributed by atoms with Gasteiger partial charge in [0.05, 0.1) is 25.2 Å². The van der Waals surface area contributed by atoms with Gasteiger partial charge >= 0.3 is 11.9 Å². The minimum absolute atomic E-state index is 0.0506. The minimum atomic E-state index is -1.29. The van der Waals surface area contributed by atoms with E-state index < -0.39 is 23.8 Å². The number of nitrogens with zero attached hydrogens (tertiary/aromatic N) is 1. The predicted molar refractivity (Wildman–Crippen MR) is 101 cm³/mol. The van der Waals surface area contributed by atoms with Crippen molar-refractivity contribution >= 4 is 22.7 Å². The number of carbonyl (C=O) groups excluding carboxylic acids is 2. The molecule has 0 aromatic heterocycles. The molecular formula is C21H20N2O5. The monoisotopic (exact) mass is 380 g/mol. The number of hydrogen-bond acceptors (Lipinski definition) is 7. The topological polar surface area (TPSA) is 112 Å². The zero-order chi connectivity index (χ0) is 20.3. The van der Waals surface area contributed by atoms with Crippen LogP contribution in [0.5, 0.6) is 5.75 Å². The third kappa shape index (κ3) is 3.25. The number of nitrogens with two attached hydrogens (primary N) is 1. The number of nitriles is 1. The van der Waals surface area contributed by atoms with E-state index in [0.717, 1.165) is 10.8 Å². The van der Waals surface area contributed by atoms with E-state index in [1.54, 1.807) is 19.9 Å². The van der Waals surface area contributed by atoms with Crippen LogP contribution in [0.3, 0.4) is 0 Å². The number of benzene rings is 2. The van der Waals surface area contributed by atoms with E-state index in [2.05, 4.69) is 0 Å². The molecule has 0 aliphatic carbocycles. The number of fused-ring (bicyclic) bond motifs is 3. The van der Waals surface area contributed by atoms with E-state index in [0.29, 0.717) is 11.3 Å². The van der Waals surface area contributed by atoms with Gasteiger partial charge in [0.25, 0.3) is 0 Å². The van der Waals surface area contributed by atoms with Crippen LogP contribution in [-0.2, 0) is 19.1 Å². The number of rotatable bonds is 5. The van der Waals surface area contributed by atoms with Gasteiger partial charge in [-0.2, -0.15) is 5.26 Å². The molecule has 0 bridgehead atoms. The summed E-state index contributed by atoms with van der Waals surface area (Å²) >= 11 is 0. The molecular weight excluding hydrogens is 360 g/mol. The summed E-state index contributed by atoms with van der Waals surface area (Å²) in [7, 11) is 0. The number of ether oxygens (including phenoxy) is 3. The van der Waals surface area contributed by atoms with Crippen molar-refractivity contribution in [2.75, 3.05) is 13.2 Å². The van der Waals surface area contributed by atoms with Gasteiger partial charge in [-0.25, -0.2) is 4.79 Å². The SMILES string of the molecule is CCOC(=O)C1=C(N)Oc2ccc3ccccc3c2C1C(C#N)C(=O)OCC. The number of carbonyl (C=O) groups is 2. The summed E-state index contributed by atoms with van der Waals surface area (Å²) in [6.07, 6.45) is 0. The van der Waals surface area contributed by atoms with Gasteiger partial charge in [-0.3, -0.25) is 4.79 Å². The van der Waals surface area contributed by atoms with Crippen molar-refractivity contribution in [2.24, 2.45) is 11.7 Å². The molecule has 7 nitrogen and oxygen atoms in total. The first-order chi connectivity index (χ1) is 13.5. The molecule has 2 unspecified atom stereocenters. The Morgan fingerprint density at radius 2 is 1.89 bits per heavy atom. The average molecular weight is 380 g/mol. The van der Waals surface area contributed by atoms with Crippen LogP contribution in [-0.4, -0.2) is 25.2 Å². The van der Waals surface area contributed by atoms with E-state index >= 15 is 0 Å². The lowest BCUT2D eigenvalue weighted by Crippen LogP contribution is -2.34. The molecule has 0 amide bonds. The summed E-state index contributed by atoms with van der Waals surface area (Å²) in [5, 5.41) is 11.4. The Hall–Kier alpha value is -3.53. The molecule has 0 radical (unpaired) electrons. The smallest absolute Gasteiger partial charge is 0.340 e. The fourth-order valence-corrected chi connectivity index (χ4v) is 3.42. The van der Waals surface area contributed by atoms with E-state index in [-0.39, 0.29) is 24.7 Å². The molecule has 7 heteroatoms. The highest BCUT2D eigenvalue weighted by Crippen LogP contribution is 2.46. The quantitative estimate of drug-likeness (QED) is 0.794. The molecule has 1 aliphatic rings. The summed E-state index contributed by atoms with van der Waals surface area (Å²) in [6, 6.07) is 13.0. The lowest BCUT2D eigenvalue weighted by molar-refractivity contribution is -0.146. The summed E-state index contributed by atoms with van der Waals surface area (Å²) in [5.41, 5.74) is 6.51. The van der Waals surface area contributed by atoms with Crippen LogP contribution in [0, 0.1) is 17.2 Å². The Balaban J connectivity index is 2.29. The molecule has 144 valence electrons. The summed E-state index contributed by atoms with van der Waals surface area (Å²) < 4.78 is 15.9. The van der Waals surface area contributed by atoms with Crippen molar-refractivity contribution in [2.45, 2.75) is 19.8 Å². The van der Waals surface area contributed by atoms with Crippen molar-refractivity contribution < 1.29 is 23.8 Å². The molecule has 2 atom stereocenters. The van der Waals surface area contributed by atoms with Crippen molar-refractivity contribution in [3.63, 3.8) is 0 Å². The van der Waals surface area contributed by atoms with Crippen LogP contribution in [0.15, 0.2) is 47.9 Å². The van der Waals surface area contributed by atoms with Crippen LogP contribution < -0.4 is 10.5 Å². The lowest BCUT2D eigenvalue weighted by Gasteiger charge is -2.30. The normalized spacial score (nSPS) is 16.5. The second-order valence-electron chi connectivity index (χ2n) is 6.14. The van der Waals surface area contributed by atoms with Crippen LogP contribution in [0.2, 0.25) is 0 Å². The van der Waals surface area contributed by atoms with Gasteiger partial charge in [0.2, 0.25) is 5.88 Å². The zero-order valence-corrected chi connectivity index (χ0v) is 15.6. The Bertz CT molecular complexity index is 1010. The molecule has 1 aliphatic heterocycles. The molecule has 0 saturated heterocycles. The van der Waals surface area contributed by atoms with Gasteiger partial charge in [-0.1, -0.05) is 30.3 Å². The maximum absolute atomic E-state index is 12.7. The number of hydrogen-bond donors (Lipinski definition) is 1. The largest absolute Gasteiger partial charge is 0.465 e. The molecule has 0 saturated carbocycles. The fourth-order valence-electron chi connectivity index (χ4n) is 3.42.